The zero-order valence-corrected chi connectivity index (χ0v) is 11.7. The van der Waals surface area contributed by atoms with Crippen molar-refractivity contribution in [2.24, 2.45) is 0 Å². The van der Waals surface area contributed by atoms with Gasteiger partial charge in [-0.2, -0.15) is 5.26 Å². The molecule has 0 N–H and O–H groups in total. The van der Waals surface area contributed by atoms with Crippen LogP contribution in [-0.2, 0) is 0 Å². The molecule has 2 aromatic carbocycles. The molecule has 2 aromatic rings. The van der Waals surface area contributed by atoms with Crippen LogP contribution >= 0.6 is 0 Å². The van der Waals surface area contributed by atoms with E-state index in [9.17, 15) is 4.79 Å². The highest BCUT2D eigenvalue weighted by molar-refractivity contribution is 5.97. The molecule has 0 bridgehead atoms. The normalized spacial score (nSPS) is 9.90. The molecule has 0 aliphatic carbocycles. The Morgan fingerprint density at radius 1 is 1.10 bits per heavy atom. The van der Waals surface area contributed by atoms with Gasteiger partial charge in [-0.15, -0.1) is 0 Å². The van der Waals surface area contributed by atoms with Crippen LogP contribution in [0.2, 0.25) is 0 Å². The van der Waals surface area contributed by atoms with Gasteiger partial charge in [-0.05, 0) is 62.2 Å². The summed E-state index contributed by atoms with van der Waals surface area (Å²) in [6, 6.07) is 12.7. The molecule has 0 aromatic heterocycles. The van der Waals surface area contributed by atoms with Gasteiger partial charge in [0, 0.05) is 0 Å². The van der Waals surface area contributed by atoms with Crippen molar-refractivity contribution in [2.45, 2.75) is 20.8 Å². The second kappa shape index (κ2) is 5.58. The second-order valence-electron chi connectivity index (χ2n) is 4.80. The van der Waals surface area contributed by atoms with Gasteiger partial charge in [-0.25, -0.2) is 0 Å². The highest BCUT2D eigenvalue weighted by Gasteiger charge is 2.11. The van der Waals surface area contributed by atoms with E-state index in [-0.39, 0.29) is 5.78 Å². The Hall–Kier alpha value is -2.60. The largest absolute Gasteiger partial charge is 0.457 e. The minimum atomic E-state index is -0.0890. The summed E-state index contributed by atoms with van der Waals surface area (Å²) < 4.78 is 5.80. The molecule has 0 unspecified atom stereocenters. The summed E-state index contributed by atoms with van der Waals surface area (Å²) in [6.45, 7) is 5.45. The van der Waals surface area contributed by atoms with Crippen LogP contribution in [0.25, 0.3) is 0 Å². The summed E-state index contributed by atoms with van der Waals surface area (Å²) >= 11 is 0. The average Bonchev–Trinajstić information content (AvgIpc) is 2.37. The lowest BCUT2D eigenvalue weighted by molar-refractivity contribution is 0.101. The minimum Gasteiger partial charge on any atom is -0.457 e. The van der Waals surface area contributed by atoms with Crippen LogP contribution in [0.15, 0.2) is 36.4 Å². The van der Waals surface area contributed by atoms with Gasteiger partial charge in [-0.3, -0.25) is 4.79 Å². The second-order valence-corrected chi connectivity index (χ2v) is 4.80. The first-order valence-corrected chi connectivity index (χ1v) is 6.31. The fraction of sp³-hybridized carbons (Fsp3) is 0.176. The van der Waals surface area contributed by atoms with E-state index in [0.717, 1.165) is 11.1 Å². The molecule has 3 heteroatoms. The van der Waals surface area contributed by atoms with Crippen molar-refractivity contribution in [1.29, 1.82) is 5.26 Å². The molecule has 2 rings (SSSR count). The molecule has 0 saturated carbocycles. The van der Waals surface area contributed by atoms with E-state index in [4.69, 9.17) is 10.00 Å². The van der Waals surface area contributed by atoms with Crippen LogP contribution in [0.3, 0.4) is 0 Å². The zero-order chi connectivity index (χ0) is 14.7. The fourth-order valence-electron chi connectivity index (χ4n) is 2.09. The lowest BCUT2D eigenvalue weighted by atomic mass is 10.1. The van der Waals surface area contributed by atoms with E-state index in [1.807, 2.05) is 32.0 Å². The Morgan fingerprint density at radius 3 is 2.30 bits per heavy atom. The SMILES string of the molecule is CC(=O)c1ccc(C#N)cc1Oc1cc(C)cc(C)c1. The molecule has 20 heavy (non-hydrogen) atoms. The van der Waals surface area contributed by atoms with E-state index in [1.165, 1.54) is 6.92 Å². The van der Waals surface area contributed by atoms with E-state index >= 15 is 0 Å². The van der Waals surface area contributed by atoms with Crippen LogP contribution in [0.1, 0.15) is 34.0 Å². The summed E-state index contributed by atoms with van der Waals surface area (Å²) in [6.07, 6.45) is 0. The fourth-order valence-corrected chi connectivity index (χ4v) is 2.09. The van der Waals surface area contributed by atoms with Crippen molar-refractivity contribution in [2.75, 3.05) is 0 Å². The Bertz CT molecular complexity index is 691. The Morgan fingerprint density at radius 2 is 1.75 bits per heavy atom. The predicted molar refractivity (Wildman–Crippen MR) is 77.2 cm³/mol. The third-order valence-corrected chi connectivity index (χ3v) is 2.91. The molecule has 0 aliphatic rings. The number of ether oxygens (including phenoxy) is 1. The van der Waals surface area contributed by atoms with Gasteiger partial charge in [0.1, 0.15) is 11.5 Å². The first-order valence-electron chi connectivity index (χ1n) is 6.31. The van der Waals surface area contributed by atoms with Gasteiger partial charge < -0.3 is 4.74 Å². The number of hydrogen-bond acceptors (Lipinski definition) is 3. The smallest absolute Gasteiger partial charge is 0.163 e. The maximum absolute atomic E-state index is 11.6. The van der Waals surface area contributed by atoms with Crippen molar-refractivity contribution < 1.29 is 9.53 Å². The number of carbonyl (C=O) groups excluding carboxylic acids is 1. The highest BCUT2D eigenvalue weighted by Crippen LogP contribution is 2.28. The third kappa shape index (κ3) is 3.04. The van der Waals surface area contributed by atoms with Crippen LogP contribution < -0.4 is 4.74 Å². The monoisotopic (exact) mass is 265 g/mol. The summed E-state index contributed by atoms with van der Waals surface area (Å²) in [7, 11) is 0. The molecule has 0 atom stereocenters. The van der Waals surface area contributed by atoms with E-state index in [2.05, 4.69) is 6.07 Å². The number of rotatable bonds is 3. The van der Waals surface area contributed by atoms with Crippen molar-refractivity contribution in [1.82, 2.24) is 0 Å². The Kier molecular flexibility index (Phi) is 3.86. The van der Waals surface area contributed by atoms with Crippen molar-refractivity contribution in [3.8, 4) is 17.6 Å². The number of Topliss-reactive ketones (excluding diaryl/α,β-unsaturated/α-hetero) is 1. The zero-order valence-electron chi connectivity index (χ0n) is 11.7. The highest BCUT2D eigenvalue weighted by atomic mass is 16.5. The summed E-state index contributed by atoms with van der Waals surface area (Å²) in [5, 5.41) is 8.96. The molecule has 0 amide bonds. The lowest BCUT2D eigenvalue weighted by Crippen LogP contribution is -1.98. The standard InChI is InChI=1S/C17H15NO2/c1-11-6-12(2)8-15(7-11)20-17-9-14(10-18)4-5-16(17)13(3)19/h4-9H,1-3H3. The molecule has 0 saturated heterocycles. The van der Waals surface area contributed by atoms with Gasteiger partial charge in [0.15, 0.2) is 5.78 Å². The molecule has 100 valence electrons. The van der Waals surface area contributed by atoms with Gasteiger partial charge in [0.2, 0.25) is 0 Å². The molecule has 0 spiro atoms. The molecule has 0 aliphatic heterocycles. The van der Waals surface area contributed by atoms with Gasteiger partial charge in [0.25, 0.3) is 0 Å². The van der Waals surface area contributed by atoms with E-state index < -0.39 is 0 Å². The van der Waals surface area contributed by atoms with Gasteiger partial charge >= 0.3 is 0 Å². The minimum absolute atomic E-state index is 0.0890. The molecule has 3 nitrogen and oxygen atoms in total. The molecular formula is C17H15NO2. The van der Waals surface area contributed by atoms with Gasteiger partial charge in [-0.1, -0.05) is 6.07 Å². The molecule has 0 radical (unpaired) electrons. The third-order valence-electron chi connectivity index (χ3n) is 2.91. The van der Waals surface area contributed by atoms with Crippen LogP contribution in [0.5, 0.6) is 11.5 Å². The number of benzene rings is 2. The van der Waals surface area contributed by atoms with Gasteiger partial charge in [0.05, 0.1) is 17.2 Å². The van der Waals surface area contributed by atoms with Crippen molar-refractivity contribution in [3.63, 3.8) is 0 Å². The van der Waals surface area contributed by atoms with E-state index in [1.54, 1.807) is 18.2 Å². The van der Waals surface area contributed by atoms with Crippen molar-refractivity contribution in [3.05, 3.63) is 58.7 Å². The quantitative estimate of drug-likeness (QED) is 0.782. The van der Waals surface area contributed by atoms with Crippen LogP contribution in [-0.4, -0.2) is 5.78 Å². The molecule has 0 fully saturated rings. The molecule has 0 heterocycles. The number of carbonyl (C=O) groups is 1. The number of ketones is 1. The Labute approximate surface area is 118 Å². The maximum atomic E-state index is 11.6. The topological polar surface area (TPSA) is 50.1 Å². The first-order chi connectivity index (χ1) is 9.49. The Balaban J connectivity index is 2.46. The van der Waals surface area contributed by atoms with Crippen LogP contribution in [0.4, 0.5) is 0 Å². The summed E-state index contributed by atoms with van der Waals surface area (Å²) in [5.74, 6) is 0.996. The first kappa shape index (κ1) is 13.8. The van der Waals surface area contributed by atoms with E-state index in [0.29, 0.717) is 22.6 Å². The number of nitriles is 1. The summed E-state index contributed by atoms with van der Waals surface area (Å²) in [4.78, 5) is 11.6. The van der Waals surface area contributed by atoms with Crippen molar-refractivity contribution >= 4 is 5.78 Å². The number of aryl methyl sites for hydroxylation is 2. The summed E-state index contributed by atoms with van der Waals surface area (Å²) in [5.41, 5.74) is 3.11. The predicted octanol–water partition coefficient (Wildman–Crippen LogP) is 4.17. The maximum Gasteiger partial charge on any atom is 0.163 e. The lowest BCUT2D eigenvalue weighted by Gasteiger charge is -2.11. The van der Waals surface area contributed by atoms with Crippen LogP contribution in [0, 0.1) is 25.2 Å². The molecular weight excluding hydrogens is 250 g/mol. The number of nitrogens with zero attached hydrogens (tertiary/aromatic N) is 1. The average molecular weight is 265 g/mol. The number of hydrogen-bond donors (Lipinski definition) is 0.